The first-order chi connectivity index (χ1) is 8.08. The van der Waals surface area contributed by atoms with Gasteiger partial charge >= 0.3 is 0 Å². The Morgan fingerprint density at radius 1 is 1.47 bits per heavy atom. The second kappa shape index (κ2) is 4.42. The van der Waals surface area contributed by atoms with E-state index in [1.54, 1.807) is 12.1 Å². The maximum Gasteiger partial charge on any atom is 0.199 e. The molecule has 1 aromatic carbocycles. The molecule has 88 valence electrons. The number of nitrogen functional groups attached to an aromatic ring is 1. The average Bonchev–Trinajstić information content (AvgIpc) is 2.70. The molecule has 0 aliphatic carbocycles. The van der Waals surface area contributed by atoms with Gasteiger partial charge in [-0.25, -0.2) is 4.63 Å². The van der Waals surface area contributed by atoms with Crippen LogP contribution in [-0.2, 0) is 0 Å². The maximum absolute atomic E-state index is 7.76. The molecule has 2 rings (SSSR count). The SMILES string of the molecule is Cc1cc(NC(=N)c2nonc2N)ccc1Cl. The van der Waals surface area contributed by atoms with E-state index in [-0.39, 0.29) is 17.3 Å². The van der Waals surface area contributed by atoms with E-state index in [0.29, 0.717) is 5.02 Å². The minimum Gasteiger partial charge on any atom is -0.379 e. The Kier molecular flexibility index (Phi) is 2.97. The summed E-state index contributed by atoms with van der Waals surface area (Å²) in [6.07, 6.45) is 0. The lowest BCUT2D eigenvalue weighted by Gasteiger charge is -2.07. The Labute approximate surface area is 102 Å². The third-order valence-electron chi connectivity index (χ3n) is 2.18. The maximum atomic E-state index is 7.76. The van der Waals surface area contributed by atoms with Crippen molar-refractivity contribution in [2.24, 2.45) is 0 Å². The van der Waals surface area contributed by atoms with E-state index in [4.69, 9.17) is 22.7 Å². The van der Waals surface area contributed by atoms with Gasteiger partial charge in [-0.05, 0) is 41.0 Å². The standard InChI is InChI=1S/C10H10ClN5O/c1-5-4-6(2-3-7(5)11)14-9(12)8-10(13)16-17-15-8/h2-4H,1H3,(H2,12,14)(H2,13,16). The van der Waals surface area contributed by atoms with E-state index in [9.17, 15) is 0 Å². The molecule has 6 nitrogen and oxygen atoms in total. The highest BCUT2D eigenvalue weighted by molar-refractivity contribution is 6.31. The predicted octanol–water partition coefficient (Wildman–Crippen LogP) is 2.05. The molecule has 0 saturated heterocycles. The number of nitrogens with two attached hydrogens (primary N) is 1. The van der Waals surface area contributed by atoms with Crippen LogP contribution in [0.2, 0.25) is 5.02 Å². The zero-order chi connectivity index (χ0) is 12.4. The molecule has 1 heterocycles. The molecule has 0 aliphatic rings. The van der Waals surface area contributed by atoms with Crippen LogP contribution in [-0.4, -0.2) is 16.1 Å². The largest absolute Gasteiger partial charge is 0.379 e. The molecule has 0 aliphatic heterocycles. The molecule has 17 heavy (non-hydrogen) atoms. The van der Waals surface area contributed by atoms with Crippen molar-refractivity contribution >= 4 is 28.9 Å². The second-order valence-corrected chi connectivity index (χ2v) is 3.87. The van der Waals surface area contributed by atoms with E-state index in [0.717, 1.165) is 11.3 Å². The molecule has 0 amide bonds. The van der Waals surface area contributed by atoms with Gasteiger partial charge < -0.3 is 11.1 Å². The molecule has 4 N–H and O–H groups in total. The van der Waals surface area contributed by atoms with E-state index >= 15 is 0 Å². The lowest BCUT2D eigenvalue weighted by atomic mass is 10.2. The van der Waals surface area contributed by atoms with Crippen molar-refractivity contribution in [2.45, 2.75) is 6.92 Å². The van der Waals surface area contributed by atoms with E-state index in [1.165, 1.54) is 0 Å². The Bertz CT molecular complexity index is 566. The van der Waals surface area contributed by atoms with Crippen LogP contribution in [0.5, 0.6) is 0 Å². The highest BCUT2D eigenvalue weighted by Gasteiger charge is 2.12. The fourth-order valence-electron chi connectivity index (χ4n) is 1.29. The molecule has 0 atom stereocenters. The van der Waals surface area contributed by atoms with Crippen molar-refractivity contribution in [1.82, 2.24) is 10.3 Å². The summed E-state index contributed by atoms with van der Waals surface area (Å²) < 4.78 is 4.42. The normalized spacial score (nSPS) is 10.2. The number of amidine groups is 1. The molecule has 0 unspecified atom stereocenters. The molecule has 0 spiro atoms. The van der Waals surface area contributed by atoms with Gasteiger partial charge in [0, 0.05) is 10.7 Å². The minimum atomic E-state index is 0.0190. The number of hydrogen-bond donors (Lipinski definition) is 3. The molecule has 0 bridgehead atoms. The fraction of sp³-hybridized carbons (Fsp3) is 0.100. The van der Waals surface area contributed by atoms with Gasteiger partial charge in [0.2, 0.25) is 0 Å². The van der Waals surface area contributed by atoms with Gasteiger partial charge in [-0.1, -0.05) is 11.6 Å². The summed E-state index contributed by atoms with van der Waals surface area (Å²) in [7, 11) is 0. The van der Waals surface area contributed by atoms with Crippen molar-refractivity contribution in [3.05, 3.63) is 34.5 Å². The fourth-order valence-corrected chi connectivity index (χ4v) is 1.41. The third-order valence-corrected chi connectivity index (χ3v) is 2.60. The van der Waals surface area contributed by atoms with Crippen LogP contribution in [0, 0.1) is 12.3 Å². The Morgan fingerprint density at radius 2 is 2.24 bits per heavy atom. The number of aromatic nitrogens is 2. The third kappa shape index (κ3) is 2.36. The van der Waals surface area contributed by atoms with Gasteiger partial charge in [0.1, 0.15) is 0 Å². The van der Waals surface area contributed by atoms with E-state index < -0.39 is 0 Å². The van der Waals surface area contributed by atoms with Crippen molar-refractivity contribution < 1.29 is 4.63 Å². The monoisotopic (exact) mass is 251 g/mol. The van der Waals surface area contributed by atoms with Gasteiger partial charge in [-0.15, -0.1) is 0 Å². The zero-order valence-corrected chi connectivity index (χ0v) is 9.75. The molecule has 2 aromatic rings. The summed E-state index contributed by atoms with van der Waals surface area (Å²) >= 11 is 5.90. The summed E-state index contributed by atoms with van der Waals surface area (Å²) in [6.45, 7) is 1.88. The molecule has 0 radical (unpaired) electrons. The number of aryl methyl sites for hydroxylation is 1. The summed E-state index contributed by atoms with van der Waals surface area (Å²) in [6, 6.07) is 5.32. The first-order valence-corrected chi connectivity index (χ1v) is 5.16. The Hall–Kier alpha value is -2.08. The lowest BCUT2D eigenvalue weighted by Crippen LogP contribution is -2.14. The number of anilines is 2. The summed E-state index contributed by atoms with van der Waals surface area (Å²) in [4.78, 5) is 0. The molecular weight excluding hydrogens is 242 g/mol. The smallest absolute Gasteiger partial charge is 0.199 e. The van der Waals surface area contributed by atoms with Crippen LogP contribution < -0.4 is 11.1 Å². The van der Waals surface area contributed by atoms with E-state index in [2.05, 4.69) is 20.3 Å². The molecule has 0 saturated carbocycles. The minimum absolute atomic E-state index is 0.0190. The van der Waals surface area contributed by atoms with Crippen LogP contribution >= 0.6 is 11.6 Å². The Balaban J connectivity index is 2.19. The van der Waals surface area contributed by atoms with Gasteiger partial charge in [-0.3, -0.25) is 5.41 Å². The highest BCUT2D eigenvalue weighted by atomic mass is 35.5. The summed E-state index contributed by atoms with van der Waals surface area (Å²) in [5.41, 5.74) is 7.29. The van der Waals surface area contributed by atoms with Gasteiger partial charge in [0.25, 0.3) is 0 Å². The Morgan fingerprint density at radius 3 is 2.82 bits per heavy atom. The van der Waals surface area contributed by atoms with Crippen LogP contribution in [0.3, 0.4) is 0 Å². The number of hydrogen-bond acceptors (Lipinski definition) is 5. The number of rotatable bonds is 2. The van der Waals surface area contributed by atoms with Crippen LogP contribution in [0.4, 0.5) is 11.5 Å². The highest BCUT2D eigenvalue weighted by Crippen LogP contribution is 2.20. The first kappa shape index (κ1) is 11.4. The topological polar surface area (TPSA) is 101 Å². The van der Waals surface area contributed by atoms with Crippen molar-refractivity contribution in [3.8, 4) is 0 Å². The number of benzene rings is 1. The number of nitrogens with one attached hydrogen (secondary N) is 2. The lowest BCUT2D eigenvalue weighted by molar-refractivity contribution is 0.308. The zero-order valence-electron chi connectivity index (χ0n) is 8.99. The first-order valence-electron chi connectivity index (χ1n) is 4.78. The van der Waals surface area contributed by atoms with Gasteiger partial charge in [0.05, 0.1) is 0 Å². The van der Waals surface area contributed by atoms with Crippen molar-refractivity contribution in [1.29, 1.82) is 5.41 Å². The van der Waals surface area contributed by atoms with Crippen LogP contribution in [0.25, 0.3) is 0 Å². The second-order valence-electron chi connectivity index (χ2n) is 3.46. The van der Waals surface area contributed by atoms with Crippen LogP contribution in [0.15, 0.2) is 22.8 Å². The van der Waals surface area contributed by atoms with E-state index in [1.807, 2.05) is 13.0 Å². The molecule has 1 aromatic heterocycles. The predicted molar refractivity (Wildman–Crippen MR) is 65.4 cm³/mol. The number of nitrogens with zero attached hydrogens (tertiary/aromatic N) is 2. The molecule has 0 fully saturated rings. The summed E-state index contributed by atoms with van der Waals surface area (Å²) in [5.74, 6) is 0.0960. The van der Waals surface area contributed by atoms with Crippen LogP contribution in [0.1, 0.15) is 11.3 Å². The van der Waals surface area contributed by atoms with Crippen molar-refractivity contribution in [2.75, 3.05) is 11.1 Å². The van der Waals surface area contributed by atoms with Gasteiger partial charge in [0.15, 0.2) is 17.3 Å². The summed E-state index contributed by atoms with van der Waals surface area (Å²) in [5, 5.41) is 18.2. The van der Waals surface area contributed by atoms with Crippen molar-refractivity contribution in [3.63, 3.8) is 0 Å². The quantitative estimate of drug-likeness (QED) is 0.560. The average molecular weight is 252 g/mol. The number of halogens is 1. The molecule has 7 heteroatoms. The van der Waals surface area contributed by atoms with Gasteiger partial charge in [-0.2, -0.15) is 0 Å². The molecular formula is C10H10ClN5O.